The fraction of sp³-hybridized carbons (Fsp3) is 0.600. The SMILES string of the molecule is CC.CN=Cc1cnc(C2CC2)s1. The molecule has 0 bridgehead atoms. The van der Waals surface area contributed by atoms with Crippen molar-refractivity contribution in [1.29, 1.82) is 0 Å². The number of thiazole rings is 1. The number of nitrogens with zero attached hydrogens (tertiary/aromatic N) is 2. The molecule has 0 amide bonds. The molecule has 72 valence electrons. The highest BCUT2D eigenvalue weighted by Gasteiger charge is 2.26. The molecule has 2 rings (SSSR count). The maximum absolute atomic E-state index is 4.32. The topological polar surface area (TPSA) is 25.2 Å². The van der Waals surface area contributed by atoms with E-state index in [1.165, 1.54) is 22.7 Å². The van der Waals surface area contributed by atoms with Gasteiger partial charge in [-0.05, 0) is 12.8 Å². The van der Waals surface area contributed by atoms with Crippen LogP contribution in [0.1, 0.15) is 42.5 Å². The third-order valence-corrected chi connectivity index (χ3v) is 2.82. The molecule has 1 aliphatic rings. The third kappa shape index (κ3) is 2.92. The minimum absolute atomic E-state index is 0.777. The van der Waals surface area contributed by atoms with Crippen LogP contribution in [-0.4, -0.2) is 18.2 Å². The Kier molecular flexibility index (Phi) is 4.09. The molecule has 0 aromatic carbocycles. The Morgan fingerprint density at radius 3 is 2.77 bits per heavy atom. The Morgan fingerprint density at radius 1 is 1.54 bits per heavy atom. The molecule has 0 unspecified atom stereocenters. The van der Waals surface area contributed by atoms with E-state index >= 15 is 0 Å². The number of aromatic nitrogens is 1. The van der Waals surface area contributed by atoms with E-state index in [2.05, 4.69) is 9.98 Å². The van der Waals surface area contributed by atoms with Crippen molar-refractivity contribution < 1.29 is 0 Å². The van der Waals surface area contributed by atoms with Gasteiger partial charge in [0.1, 0.15) is 0 Å². The smallest absolute Gasteiger partial charge is 0.0962 e. The molecule has 0 saturated heterocycles. The van der Waals surface area contributed by atoms with E-state index in [0.29, 0.717) is 0 Å². The highest BCUT2D eigenvalue weighted by Crippen LogP contribution is 2.41. The number of rotatable bonds is 2. The molecular formula is C10H16N2S. The van der Waals surface area contributed by atoms with Crippen LogP contribution in [0.15, 0.2) is 11.2 Å². The second-order valence-corrected chi connectivity index (χ2v) is 3.86. The van der Waals surface area contributed by atoms with E-state index in [1.54, 1.807) is 18.4 Å². The van der Waals surface area contributed by atoms with E-state index in [4.69, 9.17) is 0 Å². The minimum atomic E-state index is 0.777. The molecule has 1 saturated carbocycles. The highest BCUT2D eigenvalue weighted by atomic mass is 32.1. The summed E-state index contributed by atoms with van der Waals surface area (Å²) in [5.41, 5.74) is 0. The zero-order valence-corrected chi connectivity index (χ0v) is 9.27. The van der Waals surface area contributed by atoms with Gasteiger partial charge in [0, 0.05) is 25.4 Å². The summed E-state index contributed by atoms with van der Waals surface area (Å²) in [6.07, 6.45) is 6.43. The van der Waals surface area contributed by atoms with Crippen LogP contribution in [0.3, 0.4) is 0 Å². The van der Waals surface area contributed by atoms with Crippen molar-refractivity contribution in [3.05, 3.63) is 16.1 Å². The summed E-state index contributed by atoms with van der Waals surface area (Å²) in [5.74, 6) is 0.777. The summed E-state index contributed by atoms with van der Waals surface area (Å²) in [6.45, 7) is 4.00. The molecular weight excluding hydrogens is 180 g/mol. The molecule has 1 aliphatic carbocycles. The summed E-state index contributed by atoms with van der Waals surface area (Å²) >= 11 is 1.77. The van der Waals surface area contributed by atoms with Crippen LogP contribution in [0.25, 0.3) is 0 Å². The Bertz CT molecular complexity index is 274. The van der Waals surface area contributed by atoms with E-state index in [1.807, 2.05) is 26.3 Å². The lowest BCUT2D eigenvalue weighted by Crippen LogP contribution is -1.70. The molecule has 0 atom stereocenters. The van der Waals surface area contributed by atoms with Gasteiger partial charge in [-0.2, -0.15) is 0 Å². The van der Waals surface area contributed by atoms with Gasteiger partial charge < -0.3 is 0 Å². The molecule has 1 aromatic heterocycles. The highest BCUT2D eigenvalue weighted by molar-refractivity contribution is 7.13. The number of hydrogen-bond donors (Lipinski definition) is 0. The monoisotopic (exact) mass is 196 g/mol. The lowest BCUT2D eigenvalue weighted by molar-refractivity contribution is 1.08. The average Bonchev–Trinajstić information content (AvgIpc) is 2.92. The number of hydrogen-bond acceptors (Lipinski definition) is 3. The molecule has 0 N–H and O–H groups in total. The second-order valence-electron chi connectivity index (χ2n) is 2.76. The zero-order valence-electron chi connectivity index (χ0n) is 8.45. The van der Waals surface area contributed by atoms with Gasteiger partial charge >= 0.3 is 0 Å². The lowest BCUT2D eigenvalue weighted by Gasteiger charge is -1.82. The first-order valence-electron chi connectivity index (χ1n) is 4.78. The van der Waals surface area contributed by atoms with Crippen LogP contribution >= 0.6 is 11.3 Å². The summed E-state index contributed by atoms with van der Waals surface area (Å²) < 4.78 is 0. The van der Waals surface area contributed by atoms with Crippen LogP contribution < -0.4 is 0 Å². The van der Waals surface area contributed by atoms with Gasteiger partial charge in [0.2, 0.25) is 0 Å². The first-order chi connectivity index (χ1) is 6.40. The Labute approximate surface area is 83.7 Å². The molecule has 2 nitrogen and oxygen atoms in total. The molecule has 13 heavy (non-hydrogen) atoms. The van der Waals surface area contributed by atoms with Gasteiger partial charge in [-0.15, -0.1) is 11.3 Å². The predicted octanol–water partition coefficient (Wildman–Crippen LogP) is 3.10. The van der Waals surface area contributed by atoms with Crippen LogP contribution in [-0.2, 0) is 0 Å². The molecule has 0 aliphatic heterocycles. The van der Waals surface area contributed by atoms with Gasteiger partial charge in [0.15, 0.2) is 0 Å². The largest absolute Gasteiger partial charge is 0.295 e. The van der Waals surface area contributed by atoms with Crippen molar-refractivity contribution in [2.75, 3.05) is 7.05 Å². The minimum Gasteiger partial charge on any atom is -0.295 e. The van der Waals surface area contributed by atoms with Crippen LogP contribution in [0.5, 0.6) is 0 Å². The van der Waals surface area contributed by atoms with Crippen LogP contribution in [0.2, 0.25) is 0 Å². The Morgan fingerprint density at radius 2 is 2.23 bits per heavy atom. The van der Waals surface area contributed by atoms with E-state index in [9.17, 15) is 0 Å². The zero-order chi connectivity index (χ0) is 9.68. The fourth-order valence-corrected chi connectivity index (χ4v) is 2.02. The lowest BCUT2D eigenvalue weighted by atomic mass is 10.5. The van der Waals surface area contributed by atoms with Crippen molar-refractivity contribution in [1.82, 2.24) is 4.98 Å². The average molecular weight is 196 g/mol. The van der Waals surface area contributed by atoms with E-state index in [0.717, 1.165) is 5.92 Å². The van der Waals surface area contributed by atoms with Crippen molar-refractivity contribution >= 4 is 17.6 Å². The molecule has 3 heteroatoms. The second kappa shape index (κ2) is 5.12. The molecule has 0 radical (unpaired) electrons. The summed E-state index contributed by atoms with van der Waals surface area (Å²) in [5, 5.41) is 1.29. The van der Waals surface area contributed by atoms with E-state index < -0.39 is 0 Å². The molecule has 1 heterocycles. The predicted molar refractivity (Wildman–Crippen MR) is 59.0 cm³/mol. The van der Waals surface area contributed by atoms with Gasteiger partial charge in [0.25, 0.3) is 0 Å². The van der Waals surface area contributed by atoms with E-state index in [-0.39, 0.29) is 0 Å². The standard InChI is InChI=1S/C8H10N2S.C2H6/c1-9-4-7-5-10-8(11-7)6-2-3-6;1-2/h4-6H,2-3H2,1H3;1-2H3. The van der Waals surface area contributed by atoms with Crippen LogP contribution in [0, 0.1) is 0 Å². The quantitative estimate of drug-likeness (QED) is 0.667. The van der Waals surface area contributed by atoms with Crippen molar-refractivity contribution in [3.8, 4) is 0 Å². The maximum Gasteiger partial charge on any atom is 0.0962 e. The molecule has 1 fully saturated rings. The van der Waals surface area contributed by atoms with Crippen molar-refractivity contribution in [2.45, 2.75) is 32.6 Å². The molecule has 1 aromatic rings. The summed E-state index contributed by atoms with van der Waals surface area (Å²) in [6, 6.07) is 0. The van der Waals surface area contributed by atoms with Gasteiger partial charge in [-0.1, -0.05) is 13.8 Å². The Balaban J connectivity index is 0.000000396. The van der Waals surface area contributed by atoms with Crippen molar-refractivity contribution in [3.63, 3.8) is 0 Å². The first kappa shape index (κ1) is 10.4. The molecule has 0 spiro atoms. The van der Waals surface area contributed by atoms with Crippen molar-refractivity contribution in [2.24, 2.45) is 4.99 Å². The Hall–Kier alpha value is -0.700. The van der Waals surface area contributed by atoms with Gasteiger partial charge in [0.05, 0.1) is 9.88 Å². The van der Waals surface area contributed by atoms with Gasteiger partial charge in [-0.3, -0.25) is 4.99 Å². The summed E-state index contributed by atoms with van der Waals surface area (Å²) in [4.78, 5) is 9.44. The fourth-order valence-electron chi connectivity index (χ4n) is 1.01. The maximum atomic E-state index is 4.32. The third-order valence-electron chi connectivity index (χ3n) is 1.72. The normalized spacial score (nSPS) is 15.6. The number of aliphatic imine (C=N–C) groups is 1. The summed E-state index contributed by atoms with van der Waals surface area (Å²) in [7, 11) is 1.79. The first-order valence-corrected chi connectivity index (χ1v) is 5.59. The van der Waals surface area contributed by atoms with Crippen LogP contribution in [0.4, 0.5) is 0 Å². The van der Waals surface area contributed by atoms with Gasteiger partial charge in [-0.25, -0.2) is 4.98 Å².